The number of hydrogen-bond donors (Lipinski definition) is 2. The summed E-state index contributed by atoms with van der Waals surface area (Å²) in [5, 5.41) is 11.5. The van der Waals surface area contributed by atoms with Crippen molar-refractivity contribution in [2.24, 2.45) is 0 Å². The van der Waals surface area contributed by atoms with Gasteiger partial charge in [-0.2, -0.15) is 0 Å². The Hall–Kier alpha value is -1.88. The average Bonchev–Trinajstić information content (AvgIpc) is 2.30. The van der Waals surface area contributed by atoms with Gasteiger partial charge >= 0.3 is 5.97 Å². The predicted molar refractivity (Wildman–Crippen MR) is 63.9 cm³/mol. The minimum absolute atomic E-state index is 0.0189. The fraction of sp³-hybridized carbons (Fsp3) is 0.182. The summed E-state index contributed by atoms with van der Waals surface area (Å²) in [5.41, 5.74) is 0.0915. The second kappa shape index (κ2) is 5.45. The van der Waals surface area contributed by atoms with E-state index in [1.54, 1.807) is 12.1 Å². The van der Waals surface area contributed by atoms with Crippen LogP contribution in [0.2, 0.25) is 5.02 Å². The molecule has 0 spiro atoms. The number of pyridine rings is 1. The summed E-state index contributed by atoms with van der Waals surface area (Å²) in [4.78, 5) is 26.2. The van der Waals surface area contributed by atoms with Crippen molar-refractivity contribution in [1.29, 1.82) is 0 Å². The Labute approximate surface area is 103 Å². The van der Waals surface area contributed by atoms with Crippen LogP contribution in [-0.2, 0) is 9.59 Å². The molecule has 0 aliphatic heterocycles. The summed E-state index contributed by atoms with van der Waals surface area (Å²) in [6.45, 7) is 2.78. The van der Waals surface area contributed by atoms with E-state index in [-0.39, 0.29) is 17.0 Å². The van der Waals surface area contributed by atoms with E-state index in [1.807, 2.05) is 0 Å². The zero-order valence-electron chi connectivity index (χ0n) is 9.32. The van der Waals surface area contributed by atoms with E-state index in [9.17, 15) is 9.59 Å². The number of anilines is 1. The lowest BCUT2D eigenvalue weighted by Crippen LogP contribution is -2.17. The minimum atomic E-state index is -1.13. The summed E-state index contributed by atoms with van der Waals surface area (Å²) in [7, 11) is 0. The number of aliphatic carboxylic acids is 1. The number of nitrogens with one attached hydrogen (secondary N) is 1. The smallest absolute Gasteiger partial charge is 0.331 e. The van der Waals surface area contributed by atoms with Crippen molar-refractivity contribution in [1.82, 2.24) is 4.98 Å². The fourth-order valence-corrected chi connectivity index (χ4v) is 1.18. The zero-order valence-corrected chi connectivity index (χ0v) is 10.1. The summed E-state index contributed by atoms with van der Waals surface area (Å²) in [6.07, 6.45) is 1.48. The molecule has 0 bridgehead atoms. The fourth-order valence-electron chi connectivity index (χ4n) is 1.01. The maximum absolute atomic E-state index is 11.7. The molecule has 1 aromatic rings. The number of carboxylic acid groups (broad SMARTS) is 1. The van der Waals surface area contributed by atoms with Gasteiger partial charge in [-0.25, -0.2) is 9.78 Å². The first kappa shape index (κ1) is 13.2. The minimum Gasteiger partial charge on any atom is -0.478 e. The molecule has 1 aromatic heterocycles. The molecular weight excluding hydrogens is 244 g/mol. The van der Waals surface area contributed by atoms with Crippen molar-refractivity contribution in [2.45, 2.75) is 13.8 Å². The van der Waals surface area contributed by atoms with E-state index < -0.39 is 11.9 Å². The van der Waals surface area contributed by atoms with Gasteiger partial charge in [0.1, 0.15) is 0 Å². The maximum Gasteiger partial charge on any atom is 0.331 e. The van der Waals surface area contributed by atoms with Crippen LogP contribution in [0.1, 0.15) is 13.8 Å². The van der Waals surface area contributed by atoms with Crippen LogP contribution >= 0.6 is 11.6 Å². The Morgan fingerprint density at radius 3 is 2.53 bits per heavy atom. The number of aromatic nitrogens is 1. The highest BCUT2D eigenvalue weighted by molar-refractivity contribution is 6.33. The van der Waals surface area contributed by atoms with Gasteiger partial charge in [0.25, 0.3) is 5.91 Å². The van der Waals surface area contributed by atoms with Gasteiger partial charge in [-0.3, -0.25) is 4.79 Å². The Kier molecular flexibility index (Phi) is 4.23. The maximum atomic E-state index is 11.7. The second-order valence-electron chi connectivity index (χ2n) is 3.34. The molecule has 90 valence electrons. The number of nitrogens with zero attached hydrogens (tertiary/aromatic N) is 1. The second-order valence-corrected chi connectivity index (χ2v) is 3.75. The number of carboxylic acids is 1. The van der Waals surface area contributed by atoms with Crippen LogP contribution in [0, 0.1) is 0 Å². The Morgan fingerprint density at radius 2 is 2.00 bits per heavy atom. The van der Waals surface area contributed by atoms with Crippen molar-refractivity contribution in [3.05, 3.63) is 34.5 Å². The third-order valence-electron chi connectivity index (χ3n) is 2.21. The molecule has 0 atom stereocenters. The van der Waals surface area contributed by atoms with Crippen molar-refractivity contribution in [2.75, 3.05) is 5.32 Å². The molecule has 0 radical (unpaired) electrons. The van der Waals surface area contributed by atoms with Gasteiger partial charge in [0, 0.05) is 17.3 Å². The van der Waals surface area contributed by atoms with Crippen molar-refractivity contribution in [3.63, 3.8) is 0 Å². The zero-order chi connectivity index (χ0) is 13.0. The third-order valence-corrected chi connectivity index (χ3v) is 2.52. The molecule has 0 saturated carbocycles. The van der Waals surface area contributed by atoms with Gasteiger partial charge in [-0.15, -0.1) is 0 Å². The first-order chi connectivity index (χ1) is 7.93. The van der Waals surface area contributed by atoms with Gasteiger partial charge in [-0.05, 0) is 26.0 Å². The van der Waals surface area contributed by atoms with Crippen LogP contribution in [0.4, 0.5) is 5.82 Å². The topological polar surface area (TPSA) is 79.3 Å². The van der Waals surface area contributed by atoms with E-state index in [0.29, 0.717) is 5.02 Å². The van der Waals surface area contributed by atoms with Crippen LogP contribution in [0.25, 0.3) is 0 Å². The number of rotatable bonds is 3. The number of amides is 1. The Morgan fingerprint density at radius 1 is 1.35 bits per heavy atom. The average molecular weight is 255 g/mol. The lowest BCUT2D eigenvalue weighted by Gasteiger charge is -2.07. The molecule has 17 heavy (non-hydrogen) atoms. The molecule has 0 unspecified atom stereocenters. The van der Waals surface area contributed by atoms with Crippen molar-refractivity contribution >= 4 is 29.3 Å². The van der Waals surface area contributed by atoms with E-state index in [2.05, 4.69) is 10.3 Å². The highest BCUT2D eigenvalue weighted by atomic mass is 35.5. The SMILES string of the molecule is C/C(C(=O)O)=C(/C)C(=O)Nc1ncccc1Cl. The number of halogens is 1. The standard InChI is InChI=1S/C11H11ClN2O3/c1-6(7(2)11(16)17)10(15)14-9-8(12)4-3-5-13-9/h3-5H,1-2H3,(H,16,17)(H,13,14,15)/b7-6+. The molecule has 0 fully saturated rings. The van der Waals surface area contributed by atoms with Gasteiger partial charge < -0.3 is 10.4 Å². The molecule has 1 amide bonds. The first-order valence-corrected chi connectivity index (χ1v) is 5.14. The quantitative estimate of drug-likeness (QED) is 0.810. The predicted octanol–water partition coefficient (Wildman–Crippen LogP) is 2.09. The van der Waals surface area contributed by atoms with E-state index in [4.69, 9.17) is 16.7 Å². The molecule has 1 heterocycles. The highest BCUT2D eigenvalue weighted by Gasteiger charge is 2.14. The third kappa shape index (κ3) is 3.29. The lowest BCUT2D eigenvalue weighted by molar-refractivity contribution is -0.133. The summed E-state index contributed by atoms with van der Waals surface area (Å²) in [6, 6.07) is 3.20. The van der Waals surface area contributed by atoms with Crippen LogP contribution in [0.15, 0.2) is 29.5 Å². The number of hydrogen-bond acceptors (Lipinski definition) is 3. The molecule has 0 aliphatic carbocycles. The molecule has 0 aromatic carbocycles. The molecule has 2 N–H and O–H groups in total. The largest absolute Gasteiger partial charge is 0.478 e. The number of carbonyl (C=O) groups excluding carboxylic acids is 1. The molecule has 5 nitrogen and oxygen atoms in total. The Balaban J connectivity index is 2.91. The van der Waals surface area contributed by atoms with E-state index in [0.717, 1.165) is 0 Å². The van der Waals surface area contributed by atoms with Gasteiger partial charge in [-0.1, -0.05) is 11.6 Å². The van der Waals surface area contributed by atoms with Crippen molar-refractivity contribution in [3.8, 4) is 0 Å². The summed E-state index contributed by atoms with van der Waals surface area (Å²) in [5.74, 6) is -1.47. The monoisotopic (exact) mass is 254 g/mol. The van der Waals surface area contributed by atoms with Crippen LogP contribution in [0.3, 0.4) is 0 Å². The molecule has 6 heteroatoms. The normalized spacial score (nSPS) is 11.7. The summed E-state index contributed by atoms with van der Waals surface area (Å²) >= 11 is 5.81. The molecular formula is C11H11ClN2O3. The van der Waals surface area contributed by atoms with E-state index in [1.165, 1.54) is 20.0 Å². The molecule has 0 saturated heterocycles. The van der Waals surface area contributed by atoms with Crippen LogP contribution < -0.4 is 5.32 Å². The first-order valence-electron chi connectivity index (χ1n) is 4.76. The molecule has 0 aliphatic rings. The van der Waals surface area contributed by atoms with Gasteiger partial charge in [0.2, 0.25) is 0 Å². The highest BCUT2D eigenvalue weighted by Crippen LogP contribution is 2.18. The van der Waals surface area contributed by atoms with E-state index >= 15 is 0 Å². The van der Waals surface area contributed by atoms with Gasteiger partial charge in [0.05, 0.1) is 5.02 Å². The van der Waals surface area contributed by atoms with Crippen LogP contribution in [-0.4, -0.2) is 22.0 Å². The summed E-state index contributed by atoms with van der Waals surface area (Å²) < 4.78 is 0. The van der Waals surface area contributed by atoms with Gasteiger partial charge in [0.15, 0.2) is 5.82 Å². The van der Waals surface area contributed by atoms with Crippen LogP contribution in [0.5, 0.6) is 0 Å². The Bertz CT molecular complexity index is 497. The lowest BCUT2D eigenvalue weighted by atomic mass is 10.1. The molecule has 1 rings (SSSR count). The number of carbonyl (C=O) groups is 2. The van der Waals surface area contributed by atoms with Crippen molar-refractivity contribution < 1.29 is 14.7 Å².